The van der Waals surface area contributed by atoms with Crippen LogP contribution in [0.1, 0.15) is 25.7 Å². The average Bonchev–Trinajstić information content (AvgIpc) is 3.12. The molecule has 0 saturated heterocycles. The van der Waals surface area contributed by atoms with Crippen LogP contribution in [-0.4, -0.2) is 23.9 Å². The third-order valence-corrected chi connectivity index (χ3v) is 5.20. The van der Waals surface area contributed by atoms with Crippen molar-refractivity contribution in [3.63, 3.8) is 0 Å². The van der Waals surface area contributed by atoms with Crippen LogP contribution in [0.3, 0.4) is 0 Å². The molecule has 0 spiro atoms. The highest BCUT2D eigenvalue weighted by Crippen LogP contribution is 2.26. The summed E-state index contributed by atoms with van der Waals surface area (Å²) in [5, 5.41) is 4.01. The van der Waals surface area contributed by atoms with Crippen LogP contribution in [0, 0.1) is 11.8 Å². The van der Waals surface area contributed by atoms with Crippen molar-refractivity contribution in [2.75, 3.05) is 13.1 Å². The van der Waals surface area contributed by atoms with E-state index in [2.05, 4.69) is 23.3 Å². The van der Waals surface area contributed by atoms with Gasteiger partial charge in [-0.15, -0.1) is 22.7 Å². The molecule has 3 nitrogen and oxygen atoms in total. The molecule has 0 atom stereocenters. The maximum absolute atomic E-state index is 12.6. The first-order valence-electron chi connectivity index (χ1n) is 6.40. The number of fused-ring (bicyclic) bond motifs is 1. The highest BCUT2D eigenvalue weighted by molar-refractivity contribution is 7.12. The largest absolute Gasteiger partial charge is 0.333 e. The molecule has 2 N–H and O–H groups in total. The summed E-state index contributed by atoms with van der Waals surface area (Å²) >= 11 is 3.23. The van der Waals surface area contributed by atoms with Crippen molar-refractivity contribution in [2.24, 2.45) is 5.73 Å². The van der Waals surface area contributed by atoms with E-state index in [1.165, 1.54) is 21.8 Å². The second kappa shape index (κ2) is 5.80. The number of nitrogens with zero attached hydrogens (tertiary/aromatic N) is 1. The number of nitrogens with two attached hydrogens (primary N) is 1. The fraction of sp³-hybridized carbons (Fsp3) is 0.267. The third-order valence-electron chi connectivity index (χ3n) is 3.28. The molecule has 1 aliphatic rings. The van der Waals surface area contributed by atoms with Crippen LogP contribution in [0.15, 0.2) is 22.9 Å². The highest BCUT2D eigenvalue weighted by atomic mass is 32.1. The molecule has 3 rings (SSSR count). The lowest BCUT2D eigenvalue weighted by molar-refractivity contribution is 0.0740. The minimum atomic E-state index is 0.0816. The van der Waals surface area contributed by atoms with Crippen LogP contribution in [0.25, 0.3) is 0 Å². The Morgan fingerprint density at radius 1 is 1.35 bits per heavy atom. The van der Waals surface area contributed by atoms with Gasteiger partial charge in [0.1, 0.15) is 4.88 Å². The summed E-state index contributed by atoms with van der Waals surface area (Å²) in [6, 6.07) is 4.00. The maximum atomic E-state index is 12.6. The number of carbonyl (C=O) groups is 1. The predicted octanol–water partition coefficient (Wildman–Crippen LogP) is 2.32. The number of hydrogen-bond acceptors (Lipinski definition) is 4. The normalized spacial score (nSPS) is 13.6. The third kappa shape index (κ3) is 2.50. The van der Waals surface area contributed by atoms with Crippen LogP contribution in [0.5, 0.6) is 0 Å². The van der Waals surface area contributed by atoms with Crippen molar-refractivity contribution >= 4 is 28.6 Å². The van der Waals surface area contributed by atoms with E-state index >= 15 is 0 Å². The van der Waals surface area contributed by atoms with E-state index in [0.29, 0.717) is 13.1 Å². The van der Waals surface area contributed by atoms with E-state index in [4.69, 9.17) is 5.73 Å². The van der Waals surface area contributed by atoms with Crippen molar-refractivity contribution in [3.8, 4) is 11.8 Å². The van der Waals surface area contributed by atoms with Gasteiger partial charge < -0.3 is 10.6 Å². The molecule has 5 heteroatoms. The van der Waals surface area contributed by atoms with Gasteiger partial charge in [0.2, 0.25) is 0 Å². The van der Waals surface area contributed by atoms with Gasteiger partial charge in [-0.05, 0) is 34.9 Å². The van der Waals surface area contributed by atoms with Crippen LogP contribution >= 0.6 is 22.7 Å². The SMILES string of the molecule is NCC#Cc1ccsc1C(=O)N1CCc2sccc2C1. The van der Waals surface area contributed by atoms with Crippen LogP contribution in [0.2, 0.25) is 0 Å². The second-order valence-electron chi connectivity index (χ2n) is 4.52. The van der Waals surface area contributed by atoms with E-state index in [1.54, 1.807) is 11.3 Å². The molecular weight excluding hydrogens is 288 g/mol. The number of carbonyl (C=O) groups excluding carboxylic acids is 1. The maximum Gasteiger partial charge on any atom is 0.265 e. The van der Waals surface area contributed by atoms with Crippen molar-refractivity contribution < 1.29 is 4.79 Å². The Hall–Kier alpha value is -1.61. The summed E-state index contributed by atoms with van der Waals surface area (Å²) in [6.07, 6.45) is 0.952. The molecule has 2 aromatic heterocycles. The molecule has 0 fully saturated rings. The summed E-state index contributed by atoms with van der Waals surface area (Å²) in [6.45, 7) is 1.80. The lowest BCUT2D eigenvalue weighted by atomic mass is 10.1. The Morgan fingerprint density at radius 2 is 2.20 bits per heavy atom. The Labute approximate surface area is 126 Å². The van der Waals surface area contributed by atoms with Gasteiger partial charge in [0, 0.05) is 23.5 Å². The van der Waals surface area contributed by atoms with Gasteiger partial charge in [-0.3, -0.25) is 4.79 Å². The topological polar surface area (TPSA) is 46.3 Å². The minimum Gasteiger partial charge on any atom is -0.333 e. The van der Waals surface area contributed by atoms with Crippen molar-refractivity contribution in [2.45, 2.75) is 13.0 Å². The van der Waals surface area contributed by atoms with Gasteiger partial charge in [0.25, 0.3) is 5.91 Å². The zero-order valence-corrected chi connectivity index (χ0v) is 12.5. The molecule has 102 valence electrons. The van der Waals surface area contributed by atoms with Crippen molar-refractivity contribution in [1.82, 2.24) is 4.90 Å². The van der Waals surface area contributed by atoms with Crippen molar-refractivity contribution in [3.05, 3.63) is 43.8 Å². The summed E-state index contributed by atoms with van der Waals surface area (Å²) in [7, 11) is 0. The Kier molecular flexibility index (Phi) is 3.88. The van der Waals surface area contributed by atoms with Crippen LogP contribution in [-0.2, 0) is 13.0 Å². The molecule has 1 aliphatic heterocycles. The first kappa shape index (κ1) is 13.4. The van der Waals surface area contributed by atoms with Gasteiger partial charge in [0.15, 0.2) is 0 Å². The molecule has 0 aliphatic carbocycles. The van der Waals surface area contributed by atoms with E-state index in [0.717, 1.165) is 23.4 Å². The summed E-state index contributed by atoms with van der Waals surface area (Å²) < 4.78 is 0. The fourth-order valence-corrected chi connectivity index (χ4v) is 3.99. The minimum absolute atomic E-state index is 0.0816. The Balaban J connectivity index is 1.82. The van der Waals surface area contributed by atoms with E-state index < -0.39 is 0 Å². The molecule has 20 heavy (non-hydrogen) atoms. The summed E-state index contributed by atoms with van der Waals surface area (Å²) in [5.74, 6) is 5.87. The smallest absolute Gasteiger partial charge is 0.265 e. The van der Waals surface area contributed by atoms with Crippen LogP contribution < -0.4 is 5.73 Å². The lowest BCUT2D eigenvalue weighted by Gasteiger charge is -2.26. The van der Waals surface area contributed by atoms with Gasteiger partial charge in [-0.2, -0.15) is 0 Å². The molecule has 3 heterocycles. The molecule has 2 aromatic rings. The predicted molar refractivity (Wildman–Crippen MR) is 83.0 cm³/mol. The van der Waals surface area contributed by atoms with E-state index in [-0.39, 0.29) is 5.91 Å². The molecule has 0 saturated carbocycles. The zero-order valence-electron chi connectivity index (χ0n) is 10.9. The quantitative estimate of drug-likeness (QED) is 0.822. The van der Waals surface area contributed by atoms with Gasteiger partial charge in [-0.1, -0.05) is 11.8 Å². The molecule has 0 aromatic carbocycles. The zero-order chi connectivity index (χ0) is 13.9. The van der Waals surface area contributed by atoms with Gasteiger partial charge in [0.05, 0.1) is 6.54 Å². The number of thiophene rings is 2. The summed E-state index contributed by atoms with van der Waals surface area (Å²) in [5.41, 5.74) is 7.46. The first-order valence-corrected chi connectivity index (χ1v) is 8.16. The molecule has 0 radical (unpaired) electrons. The van der Waals surface area contributed by atoms with Gasteiger partial charge in [-0.25, -0.2) is 0 Å². The average molecular weight is 302 g/mol. The summed E-state index contributed by atoms with van der Waals surface area (Å²) in [4.78, 5) is 16.7. The Bertz CT molecular complexity index is 690. The standard InChI is InChI=1S/C15H14N2OS2/c16-6-1-2-11-4-9-20-14(11)15(18)17-7-3-13-12(10-17)5-8-19-13/h4-5,8-9H,3,6-7,10,16H2. The van der Waals surface area contributed by atoms with Crippen molar-refractivity contribution in [1.29, 1.82) is 0 Å². The lowest BCUT2D eigenvalue weighted by Crippen LogP contribution is -2.35. The number of hydrogen-bond donors (Lipinski definition) is 1. The van der Waals surface area contributed by atoms with E-state index in [1.807, 2.05) is 16.3 Å². The second-order valence-corrected chi connectivity index (χ2v) is 6.43. The molecule has 1 amide bonds. The van der Waals surface area contributed by atoms with Crippen LogP contribution in [0.4, 0.5) is 0 Å². The molecule has 0 unspecified atom stereocenters. The van der Waals surface area contributed by atoms with E-state index in [9.17, 15) is 4.79 Å². The highest BCUT2D eigenvalue weighted by Gasteiger charge is 2.24. The number of amides is 1. The molecular formula is C15H14N2OS2. The Morgan fingerprint density at radius 3 is 3.05 bits per heavy atom. The number of rotatable bonds is 1. The monoisotopic (exact) mass is 302 g/mol. The van der Waals surface area contributed by atoms with Gasteiger partial charge >= 0.3 is 0 Å². The molecule has 0 bridgehead atoms. The fourth-order valence-electron chi connectivity index (χ4n) is 2.28. The first-order chi connectivity index (χ1) is 9.79.